The van der Waals surface area contributed by atoms with E-state index in [1.54, 1.807) is 0 Å². The second kappa shape index (κ2) is 5.02. The fourth-order valence-electron chi connectivity index (χ4n) is 2.98. The quantitative estimate of drug-likeness (QED) is 0.732. The van der Waals surface area contributed by atoms with E-state index >= 15 is 0 Å². The van der Waals surface area contributed by atoms with Gasteiger partial charge in [-0.3, -0.25) is 4.90 Å². The van der Waals surface area contributed by atoms with Crippen LogP contribution in [-0.4, -0.2) is 17.5 Å². The molecular formula is C18H19N. The van der Waals surface area contributed by atoms with Gasteiger partial charge in [-0.2, -0.15) is 0 Å². The van der Waals surface area contributed by atoms with Crippen molar-refractivity contribution in [2.75, 3.05) is 6.54 Å². The molecule has 96 valence electrons. The largest absolute Gasteiger partial charge is 0.283 e. The van der Waals surface area contributed by atoms with Gasteiger partial charge in [0.05, 0.1) is 0 Å². The first-order valence-corrected chi connectivity index (χ1v) is 6.84. The van der Waals surface area contributed by atoms with Crippen LogP contribution >= 0.6 is 0 Å². The summed E-state index contributed by atoms with van der Waals surface area (Å²) in [4.78, 5) is 2.47. The van der Waals surface area contributed by atoms with Crippen molar-refractivity contribution in [2.24, 2.45) is 0 Å². The Bertz CT molecular complexity index is 621. The van der Waals surface area contributed by atoms with Crippen molar-refractivity contribution in [3.05, 3.63) is 72.8 Å². The predicted octanol–water partition coefficient (Wildman–Crippen LogP) is 4.33. The maximum atomic E-state index is 3.94. The van der Waals surface area contributed by atoms with Crippen molar-refractivity contribution in [2.45, 2.75) is 19.0 Å². The molecule has 0 fully saturated rings. The first kappa shape index (κ1) is 12.2. The Kier molecular flexibility index (Phi) is 3.22. The summed E-state index contributed by atoms with van der Waals surface area (Å²) in [5.41, 5.74) is 1.40. The van der Waals surface area contributed by atoms with E-state index in [-0.39, 0.29) is 0 Å². The summed E-state index contributed by atoms with van der Waals surface area (Å²) in [5.74, 6) is 0. The molecule has 2 aromatic rings. The molecule has 0 N–H and O–H groups in total. The predicted molar refractivity (Wildman–Crippen MR) is 82.2 cm³/mol. The molecule has 0 bridgehead atoms. The second-order valence-electron chi connectivity index (χ2n) is 5.10. The Labute approximate surface area is 114 Å². The Morgan fingerprint density at radius 2 is 2.00 bits per heavy atom. The third kappa shape index (κ3) is 2.11. The summed E-state index contributed by atoms with van der Waals surface area (Å²) in [5, 5.41) is 2.67. The fraction of sp³-hybridized carbons (Fsp3) is 0.222. The van der Waals surface area contributed by atoms with Gasteiger partial charge in [-0.15, -0.1) is 6.58 Å². The molecule has 1 unspecified atom stereocenters. The third-order valence-corrected chi connectivity index (χ3v) is 4.04. The van der Waals surface area contributed by atoms with E-state index < -0.39 is 0 Å². The Morgan fingerprint density at radius 1 is 1.21 bits per heavy atom. The van der Waals surface area contributed by atoms with Crippen molar-refractivity contribution in [1.29, 1.82) is 0 Å². The van der Waals surface area contributed by atoms with Crippen LogP contribution in [0.1, 0.15) is 18.5 Å². The summed E-state index contributed by atoms with van der Waals surface area (Å²) < 4.78 is 0. The summed E-state index contributed by atoms with van der Waals surface area (Å²) in [6.07, 6.45) is 6.48. The molecule has 1 nitrogen and oxygen atoms in total. The van der Waals surface area contributed by atoms with Crippen molar-refractivity contribution < 1.29 is 0 Å². The third-order valence-electron chi connectivity index (χ3n) is 4.04. The minimum atomic E-state index is 0.356. The SMILES string of the molecule is C=CC1C=CCN1[C@H](C)c1cccc2ccccc12. The van der Waals surface area contributed by atoms with Crippen LogP contribution in [-0.2, 0) is 0 Å². The summed E-state index contributed by atoms with van der Waals surface area (Å²) in [6, 6.07) is 15.9. The van der Waals surface area contributed by atoms with E-state index in [2.05, 4.69) is 73.0 Å². The lowest BCUT2D eigenvalue weighted by atomic mass is 9.98. The van der Waals surface area contributed by atoms with E-state index in [1.165, 1.54) is 16.3 Å². The van der Waals surface area contributed by atoms with Crippen LogP contribution in [0.25, 0.3) is 10.8 Å². The maximum absolute atomic E-state index is 3.94. The number of fused-ring (bicyclic) bond motifs is 1. The van der Waals surface area contributed by atoms with E-state index in [9.17, 15) is 0 Å². The highest BCUT2D eigenvalue weighted by molar-refractivity contribution is 5.86. The lowest BCUT2D eigenvalue weighted by Gasteiger charge is -2.30. The highest BCUT2D eigenvalue weighted by Gasteiger charge is 2.24. The van der Waals surface area contributed by atoms with Crippen LogP contribution in [0.15, 0.2) is 67.3 Å². The Morgan fingerprint density at radius 3 is 2.84 bits per heavy atom. The van der Waals surface area contributed by atoms with Crippen molar-refractivity contribution >= 4 is 10.8 Å². The molecule has 0 amide bonds. The number of nitrogens with zero attached hydrogens (tertiary/aromatic N) is 1. The van der Waals surface area contributed by atoms with Gasteiger partial charge in [0.1, 0.15) is 0 Å². The summed E-state index contributed by atoms with van der Waals surface area (Å²) in [7, 11) is 0. The minimum absolute atomic E-state index is 0.356. The molecule has 0 radical (unpaired) electrons. The molecule has 0 saturated carbocycles. The van der Waals surface area contributed by atoms with Gasteiger partial charge in [-0.1, -0.05) is 60.7 Å². The molecule has 1 aliphatic heterocycles. The Hall–Kier alpha value is -1.86. The van der Waals surface area contributed by atoms with E-state index in [1.807, 2.05) is 6.08 Å². The number of rotatable bonds is 3. The standard InChI is InChI=1S/C18H19N/c1-3-16-10-7-13-19(16)14(2)17-12-6-9-15-8-4-5-11-18(15)17/h3-12,14,16H,1,13H2,2H3/t14-,16?/m1/s1. The van der Waals surface area contributed by atoms with Gasteiger partial charge in [0.25, 0.3) is 0 Å². The molecule has 1 heterocycles. The molecule has 0 spiro atoms. The zero-order chi connectivity index (χ0) is 13.2. The smallest absolute Gasteiger partial charge is 0.0468 e. The van der Waals surface area contributed by atoms with Crippen LogP contribution in [0.5, 0.6) is 0 Å². The van der Waals surface area contributed by atoms with Crippen LogP contribution in [0, 0.1) is 0 Å². The monoisotopic (exact) mass is 249 g/mol. The van der Waals surface area contributed by atoms with Crippen LogP contribution < -0.4 is 0 Å². The van der Waals surface area contributed by atoms with Gasteiger partial charge in [0, 0.05) is 18.6 Å². The van der Waals surface area contributed by atoms with Gasteiger partial charge in [-0.05, 0) is 23.3 Å². The highest BCUT2D eigenvalue weighted by Crippen LogP contribution is 2.31. The maximum Gasteiger partial charge on any atom is 0.0468 e. The number of benzene rings is 2. The molecule has 2 atom stereocenters. The van der Waals surface area contributed by atoms with E-state index in [0.717, 1.165) is 6.54 Å². The molecule has 0 saturated heterocycles. The van der Waals surface area contributed by atoms with Gasteiger partial charge in [0.15, 0.2) is 0 Å². The van der Waals surface area contributed by atoms with Crippen molar-refractivity contribution in [1.82, 2.24) is 4.90 Å². The van der Waals surface area contributed by atoms with Gasteiger partial charge in [0.2, 0.25) is 0 Å². The van der Waals surface area contributed by atoms with Crippen LogP contribution in [0.4, 0.5) is 0 Å². The van der Waals surface area contributed by atoms with Crippen LogP contribution in [0.3, 0.4) is 0 Å². The van der Waals surface area contributed by atoms with Gasteiger partial charge in [-0.25, -0.2) is 0 Å². The molecule has 1 aliphatic rings. The molecular weight excluding hydrogens is 230 g/mol. The topological polar surface area (TPSA) is 3.24 Å². The van der Waals surface area contributed by atoms with E-state index in [4.69, 9.17) is 0 Å². The number of hydrogen-bond acceptors (Lipinski definition) is 1. The van der Waals surface area contributed by atoms with Gasteiger partial charge < -0.3 is 0 Å². The molecule has 1 heteroatoms. The zero-order valence-electron chi connectivity index (χ0n) is 11.3. The minimum Gasteiger partial charge on any atom is -0.283 e. The lowest BCUT2D eigenvalue weighted by molar-refractivity contribution is 0.236. The van der Waals surface area contributed by atoms with E-state index in [0.29, 0.717) is 12.1 Å². The average molecular weight is 249 g/mol. The Balaban J connectivity index is 2.02. The molecule has 2 aromatic carbocycles. The molecule has 3 rings (SSSR count). The summed E-state index contributed by atoms with van der Waals surface area (Å²) >= 11 is 0. The van der Waals surface area contributed by atoms with Crippen molar-refractivity contribution in [3.63, 3.8) is 0 Å². The normalized spacial score (nSPS) is 20.8. The molecule has 0 aromatic heterocycles. The lowest BCUT2D eigenvalue weighted by Crippen LogP contribution is -2.31. The van der Waals surface area contributed by atoms with Gasteiger partial charge >= 0.3 is 0 Å². The summed E-state index contributed by atoms with van der Waals surface area (Å²) in [6.45, 7) is 7.22. The highest BCUT2D eigenvalue weighted by atomic mass is 15.2. The second-order valence-corrected chi connectivity index (χ2v) is 5.10. The number of hydrogen-bond donors (Lipinski definition) is 0. The zero-order valence-corrected chi connectivity index (χ0v) is 11.3. The first-order valence-electron chi connectivity index (χ1n) is 6.84. The molecule has 0 aliphatic carbocycles. The average Bonchev–Trinajstić information content (AvgIpc) is 2.94. The molecule has 19 heavy (non-hydrogen) atoms. The fourth-order valence-corrected chi connectivity index (χ4v) is 2.98. The first-order chi connectivity index (χ1) is 9.31. The van der Waals surface area contributed by atoms with Crippen molar-refractivity contribution in [3.8, 4) is 0 Å². The van der Waals surface area contributed by atoms with Crippen LogP contribution in [0.2, 0.25) is 0 Å².